The van der Waals surface area contributed by atoms with Crippen LogP contribution < -0.4 is 5.73 Å². The molecule has 3 heteroatoms. The molecule has 1 heterocycles. The topological polar surface area (TPSA) is 38.5 Å². The number of rotatable bonds is 4. The normalized spacial score (nSPS) is 31.7. The van der Waals surface area contributed by atoms with Crippen molar-refractivity contribution in [3.05, 3.63) is 0 Å². The summed E-state index contributed by atoms with van der Waals surface area (Å²) in [6.45, 7) is 7.55. The second kappa shape index (κ2) is 5.69. The van der Waals surface area contributed by atoms with Gasteiger partial charge in [0.1, 0.15) is 0 Å². The molecule has 0 saturated carbocycles. The molecule has 14 heavy (non-hydrogen) atoms. The molecule has 0 aliphatic carbocycles. The monoisotopic (exact) mass is 200 g/mol. The molecule has 1 aliphatic heterocycles. The summed E-state index contributed by atoms with van der Waals surface area (Å²) in [5.41, 5.74) is 6.07. The van der Waals surface area contributed by atoms with Crippen LogP contribution in [0.3, 0.4) is 0 Å². The molecule has 0 spiro atoms. The van der Waals surface area contributed by atoms with Gasteiger partial charge in [-0.2, -0.15) is 0 Å². The quantitative estimate of drug-likeness (QED) is 0.738. The summed E-state index contributed by atoms with van der Waals surface area (Å²) in [5, 5.41) is 0. The van der Waals surface area contributed by atoms with Crippen LogP contribution in [0.4, 0.5) is 0 Å². The van der Waals surface area contributed by atoms with Crippen LogP contribution in [0.5, 0.6) is 0 Å². The molecule has 3 nitrogen and oxygen atoms in total. The number of nitrogens with zero attached hydrogens (tertiary/aromatic N) is 1. The maximum Gasteiger partial charge on any atom is 0.0615 e. The van der Waals surface area contributed by atoms with Gasteiger partial charge in [0.2, 0.25) is 0 Å². The van der Waals surface area contributed by atoms with Crippen molar-refractivity contribution in [3.8, 4) is 0 Å². The smallest absolute Gasteiger partial charge is 0.0615 e. The molecule has 0 aromatic heterocycles. The lowest BCUT2D eigenvalue weighted by atomic mass is 9.90. The number of hydrogen-bond donors (Lipinski definition) is 1. The van der Waals surface area contributed by atoms with E-state index in [2.05, 4.69) is 18.7 Å². The Hall–Kier alpha value is -0.120. The average molecular weight is 200 g/mol. The van der Waals surface area contributed by atoms with E-state index in [1.54, 1.807) is 7.11 Å². The number of piperidine rings is 1. The summed E-state index contributed by atoms with van der Waals surface area (Å²) in [4.78, 5) is 2.50. The Balaban J connectivity index is 2.41. The van der Waals surface area contributed by atoms with E-state index < -0.39 is 0 Å². The van der Waals surface area contributed by atoms with Crippen LogP contribution in [-0.2, 0) is 4.74 Å². The number of ether oxygens (including phenoxy) is 1. The molecule has 1 saturated heterocycles. The van der Waals surface area contributed by atoms with Crippen molar-refractivity contribution in [2.45, 2.75) is 38.8 Å². The molecular weight excluding hydrogens is 176 g/mol. The van der Waals surface area contributed by atoms with Gasteiger partial charge in [0.05, 0.1) is 6.61 Å². The van der Waals surface area contributed by atoms with E-state index in [-0.39, 0.29) is 0 Å². The lowest BCUT2D eigenvalue weighted by Gasteiger charge is -2.39. The summed E-state index contributed by atoms with van der Waals surface area (Å²) in [6.07, 6.45) is 2.32. The van der Waals surface area contributed by atoms with Crippen LogP contribution in [0, 0.1) is 5.92 Å². The zero-order valence-corrected chi connectivity index (χ0v) is 9.70. The third kappa shape index (κ3) is 2.94. The van der Waals surface area contributed by atoms with Crippen molar-refractivity contribution < 1.29 is 4.74 Å². The van der Waals surface area contributed by atoms with Crippen molar-refractivity contribution in [2.75, 3.05) is 26.8 Å². The van der Waals surface area contributed by atoms with Crippen molar-refractivity contribution in [1.82, 2.24) is 4.90 Å². The Labute approximate surface area is 87.6 Å². The fourth-order valence-corrected chi connectivity index (χ4v) is 2.26. The minimum absolute atomic E-state index is 0.408. The first-order valence-electron chi connectivity index (χ1n) is 5.67. The molecule has 0 radical (unpaired) electrons. The molecule has 84 valence electrons. The summed E-state index contributed by atoms with van der Waals surface area (Å²) >= 11 is 0. The van der Waals surface area contributed by atoms with Crippen molar-refractivity contribution in [1.29, 1.82) is 0 Å². The fraction of sp³-hybridized carbons (Fsp3) is 1.00. The number of nitrogens with two attached hydrogens (primary N) is 1. The molecule has 1 aliphatic rings. The molecule has 1 fully saturated rings. The first-order chi connectivity index (χ1) is 6.69. The van der Waals surface area contributed by atoms with Crippen LogP contribution >= 0.6 is 0 Å². The fourth-order valence-electron chi connectivity index (χ4n) is 2.26. The van der Waals surface area contributed by atoms with Gasteiger partial charge in [-0.15, -0.1) is 0 Å². The summed E-state index contributed by atoms with van der Waals surface area (Å²) in [6, 6.07) is 0.938. The van der Waals surface area contributed by atoms with Crippen LogP contribution in [0.2, 0.25) is 0 Å². The molecule has 0 aromatic rings. The molecule has 1 rings (SSSR count). The Bertz CT molecular complexity index is 163. The van der Waals surface area contributed by atoms with Gasteiger partial charge < -0.3 is 10.5 Å². The predicted molar refractivity (Wildman–Crippen MR) is 59.3 cm³/mol. The van der Waals surface area contributed by atoms with E-state index >= 15 is 0 Å². The van der Waals surface area contributed by atoms with Crippen LogP contribution in [0.25, 0.3) is 0 Å². The second-order valence-corrected chi connectivity index (χ2v) is 4.42. The summed E-state index contributed by atoms with van der Waals surface area (Å²) in [5.74, 6) is 0.669. The highest BCUT2D eigenvalue weighted by Gasteiger charge is 2.27. The van der Waals surface area contributed by atoms with E-state index in [1.165, 1.54) is 6.42 Å². The lowest BCUT2D eigenvalue weighted by molar-refractivity contribution is 0.0603. The molecule has 2 N–H and O–H groups in total. The maximum atomic E-state index is 6.07. The minimum atomic E-state index is 0.408. The molecule has 3 unspecified atom stereocenters. The Morgan fingerprint density at radius 3 is 2.86 bits per heavy atom. The van der Waals surface area contributed by atoms with Crippen molar-refractivity contribution >= 4 is 0 Å². The third-order valence-electron chi connectivity index (χ3n) is 3.38. The Morgan fingerprint density at radius 2 is 2.29 bits per heavy atom. The van der Waals surface area contributed by atoms with Gasteiger partial charge in [-0.05, 0) is 19.3 Å². The molecule has 0 amide bonds. The Kier molecular flexibility index (Phi) is 4.85. The van der Waals surface area contributed by atoms with E-state index in [0.29, 0.717) is 18.0 Å². The van der Waals surface area contributed by atoms with Gasteiger partial charge >= 0.3 is 0 Å². The largest absolute Gasteiger partial charge is 0.383 e. The zero-order valence-electron chi connectivity index (χ0n) is 9.70. The number of methoxy groups -OCH3 is 1. The average Bonchev–Trinajstić information content (AvgIpc) is 2.19. The van der Waals surface area contributed by atoms with Gasteiger partial charge in [-0.1, -0.05) is 13.3 Å². The Morgan fingerprint density at radius 1 is 1.57 bits per heavy atom. The SMILES string of the molecule is CCC1CN(C(C)COC)CCC1N. The van der Waals surface area contributed by atoms with Gasteiger partial charge in [-0.3, -0.25) is 4.90 Å². The highest BCUT2D eigenvalue weighted by molar-refractivity contribution is 4.84. The molecule has 3 atom stereocenters. The number of likely N-dealkylation sites (tertiary alicyclic amines) is 1. The van der Waals surface area contributed by atoms with Gasteiger partial charge in [0, 0.05) is 32.3 Å². The molecular formula is C11H24N2O. The third-order valence-corrected chi connectivity index (χ3v) is 3.38. The van der Waals surface area contributed by atoms with Gasteiger partial charge in [0.15, 0.2) is 0 Å². The lowest BCUT2D eigenvalue weighted by Crippen LogP contribution is -2.50. The highest BCUT2D eigenvalue weighted by Crippen LogP contribution is 2.20. The number of hydrogen-bond acceptors (Lipinski definition) is 3. The van der Waals surface area contributed by atoms with Crippen LogP contribution in [0.1, 0.15) is 26.7 Å². The second-order valence-electron chi connectivity index (χ2n) is 4.42. The van der Waals surface area contributed by atoms with E-state index in [9.17, 15) is 0 Å². The zero-order chi connectivity index (χ0) is 10.6. The first kappa shape index (κ1) is 12.0. The van der Waals surface area contributed by atoms with Crippen LogP contribution in [0.15, 0.2) is 0 Å². The van der Waals surface area contributed by atoms with Crippen molar-refractivity contribution in [3.63, 3.8) is 0 Å². The van der Waals surface area contributed by atoms with Crippen molar-refractivity contribution in [2.24, 2.45) is 11.7 Å². The predicted octanol–water partition coefficient (Wildman–Crippen LogP) is 1.08. The van der Waals surface area contributed by atoms with Gasteiger partial charge in [0.25, 0.3) is 0 Å². The standard InChI is InChI=1S/C11H24N2O/c1-4-10-7-13(6-5-11(10)12)9(2)8-14-3/h9-11H,4-8,12H2,1-3H3. The van der Waals surface area contributed by atoms with Crippen LogP contribution in [-0.4, -0.2) is 43.8 Å². The molecule has 0 bridgehead atoms. The highest BCUT2D eigenvalue weighted by atomic mass is 16.5. The first-order valence-corrected chi connectivity index (χ1v) is 5.67. The molecule has 0 aromatic carbocycles. The summed E-state index contributed by atoms with van der Waals surface area (Å²) < 4.78 is 5.18. The van der Waals surface area contributed by atoms with E-state index in [0.717, 1.165) is 26.1 Å². The van der Waals surface area contributed by atoms with E-state index in [4.69, 9.17) is 10.5 Å². The minimum Gasteiger partial charge on any atom is -0.383 e. The maximum absolute atomic E-state index is 6.07. The van der Waals surface area contributed by atoms with E-state index in [1.807, 2.05) is 0 Å². The van der Waals surface area contributed by atoms with Gasteiger partial charge in [-0.25, -0.2) is 0 Å². The summed E-state index contributed by atoms with van der Waals surface area (Å²) in [7, 11) is 1.77.